The first-order valence-electron chi connectivity index (χ1n) is 7.23. The summed E-state index contributed by atoms with van der Waals surface area (Å²) >= 11 is 0. The molecule has 110 valence electrons. The van der Waals surface area contributed by atoms with Crippen LogP contribution in [0.3, 0.4) is 0 Å². The normalized spacial score (nSPS) is 17.9. The molecule has 4 heteroatoms. The van der Waals surface area contributed by atoms with Crippen molar-refractivity contribution in [1.82, 2.24) is 0 Å². The minimum atomic E-state index is -0.140. The Balaban J connectivity index is 2.12. The number of nitrogens with one attached hydrogen (secondary N) is 1. The largest absolute Gasteiger partial charge is 0.384 e. The zero-order valence-electron chi connectivity index (χ0n) is 12.5. The van der Waals surface area contributed by atoms with Crippen LogP contribution in [0.2, 0.25) is 0 Å². The molecule has 0 aliphatic carbocycles. The summed E-state index contributed by atoms with van der Waals surface area (Å²) in [5, 5.41) is 9.92. The summed E-state index contributed by atoms with van der Waals surface area (Å²) < 4.78 is 5.80. The van der Waals surface area contributed by atoms with E-state index in [-0.39, 0.29) is 11.4 Å². The molecule has 3 rings (SSSR count). The van der Waals surface area contributed by atoms with Gasteiger partial charge in [-0.2, -0.15) is 0 Å². The van der Waals surface area contributed by atoms with Gasteiger partial charge in [0.05, 0.1) is 12.2 Å². The Bertz CT molecular complexity index is 693. The van der Waals surface area contributed by atoms with E-state index in [1.165, 1.54) is 5.69 Å². The van der Waals surface area contributed by atoms with Gasteiger partial charge in [-0.1, -0.05) is 24.3 Å². The number of nitrogens with zero attached hydrogens (tertiary/aromatic N) is 1. The van der Waals surface area contributed by atoms with E-state index in [0.29, 0.717) is 0 Å². The molecule has 0 saturated carbocycles. The van der Waals surface area contributed by atoms with Crippen LogP contribution in [-0.4, -0.2) is 31.1 Å². The Hall–Kier alpha value is -2.07. The summed E-state index contributed by atoms with van der Waals surface area (Å²) in [6, 6.07) is 12.2. The van der Waals surface area contributed by atoms with Crippen LogP contribution in [0.5, 0.6) is 0 Å². The van der Waals surface area contributed by atoms with E-state index in [2.05, 4.69) is 30.9 Å². The van der Waals surface area contributed by atoms with E-state index >= 15 is 0 Å². The Morgan fingerprint density at radius 3 is 2.57 bits per heavy atom. The van der Waals surface area contributed by atoms with Crippen molar-refractivity contribution in [3.8, 4) is 0 Å². The van der Waals surface area contributed by atoms with Gasteiger partial charge in [0.1, 0.15) is 5.84 Å². The Labute approximate surface area is 125 Å². The molecule has 1 aliphatic heterocycles. The number of rotatable bonds is 2. The number of amidine groups is 1. The summed E-state index contributed by atoms with van der Waals surface area (Å²) in [7, 11) is 0. The van der Waals surface area contributed by atoms with Gasteiger partial charge in [0, 0.05) is 29.7 Å². The summed E-state index contributed by atoms with van der Waals surface area (Å²) in [5.41, 5.74) is 7.54. The second-order valence-electron chi connectivity index (χ2n) is 6.12. The van der Waals surface area contributed by atoms with Crippen LogP contribution in [0.1, 0.15) is 19.4 Å². The highest BCUT2D eigenvalue weighted by molar-refractivity contribution is 6.10. The number of benzene rings is 2. The van der Waals surface area contributed by atoms with Crippen LogP contribution in [0.25, 0.3) is 10.8 Å². The van der Waals surface area contributed by atoms with E-state index in [0.717, 1.165) is 36.0 Å². The molecule has 0 atom stereocenters. The molecule has 0 unspecified atom stereocenters. The van der Waals surface area contributed by atoms with E-state index in [4.69, 9.17) is 15.9 Å². The third-order valence-corrected chi connectivity index (χ3v) is 3.96. The molecular weight excluding hydrogens is 262 g/mol. The fraction of sp³-hybridized carbons (Fsp3) is 0.353. The maximum Gasteiger partial charge on any atom is 0.123 e. The molecule has 21 heavy (non-hydrogen) atoms. The average molecular weight is 283 g/mol. The van der Waals surface area contributed by atoms with Crippen LogP contribution >= 0.6 is 0 Å². The third kappa shape index (κ3) is 2.59. The summed E-state index contributed by atoms with van der Waals surface area (Å²) in [6.45, 7) is 6.70. The Kier molecular flexibility index (Phi) is 3.33. The molecule has 2 aromatic rings. The fourth-order valence-electron chi connectivity index (χ4n) is 3.02. The van der Waals surface area contributed by atoms with Crippen molar-refractivity contribution < 1.29 is 4.74 Å². The highest BCUT2D eigenvalue weighted by atomic mass is 16.5. The molecule has 3 N–H and O–H groups in total. The maximum atomic E-state index is 7.74. The van der Waals surface area contributed by atoms with E-state index in [9.17, 15) is 0 Å². The summed E-state index contributed by atoms with van der Waals surface area (Å²) in [6.07, 6.45) is 0. The number of hydrogen-bond acceptors (Lipinski definition) is 3. The zero-order chi connectivity index (χ0) is 15.0. The van der Waals surface area contributed by atoms with Crippen molar-refractivity contribution >= 4 is 22.3 Å². The van der Waals surface area contributed by atoms with Gasteiger partial charge in [0.25, 0.3) is 0 Å². The number of hydrogen-bond donors (Lipinski definition) is 2. The quantitative estimate of drug-likeness (QED) is 0.658. The first-order valence-corrected chi connectivity index (χ1v) is 7.23. The van der Waals surface area contributed by atoms with Crippen molar-refractivity contribution in [2.75, 3.05) is 24.6 Å². The Morgan fingerprint density at radius 1 is 1.19 bits per heavy atom. The molecule has 0 bridgehead atoms. The van der Waals surface area contributed by atoms with Gasteiger partial charge in [-0.15, -0.1) is 0 Å². The van der Waals surface area contributed by atoms with Crippen LogP contribution in [-0.2, 0) is 4.74 Å². The lowest BCUT2D eigenvalue weighted by Crippen LogP contribution is -2.48. The summed E-state index contributed by atoms with van der Waals surface area (Å²) in [5.74, 6) is 0.111. The molecule has 2 aromatic carbocycles. The first kappa shape index (κ1) is 13.9. The fourth-order valence-corrected chi connectivity index (χ4v) is 3.02. The summed E-state index contributed by atoms with van der Waals surface area (Å²) in [4.78, 5) is 2.36. The number of nitrogens with two attached hydrogens (primary N) is 1. The van der Waals surface area contributed by atoms with Crippen molar-refractivity contribution in [1.29, 1.82) is 5.41 Å². The predicted molar refractivity (Wildman–Crippen MR) is 87.2 cm³/mol. The molecule has 0 radical (unpaired) electrons. The SMILES string of the molecule is CC1(C)CN(c2ccc(C(=N)N)c3ccccc23)CCO1. The van der Waals surface area contributed by atoms with Crippen LogP contribution < -0.4 is 10.6 Å². The average Bonchev–Trinajstić information content (AvgIpc) is 2.44. The minimum Gasteiger partial charge on any atom is -0.384 e. The lowest BCUT2D eigenvalue weighted by molar-refractivity contribution is -0.0276. The number of nitrogen functional groups attached to an aromatic ring is 1. The lowest BCUT2D eigenvalue weighted by atomic mass is 10.00. The number of anilines is 1. The molecule has 1 heterocycles. The lowest BCUT2D eigenvalue weighted by Gasteiger charge is -2.40. The van der Waals surface area contributed by atoms with E-state index < -0.39 is 0 Å². The van der Waals surface area contributed by atoms with Gasteiger partial charge in [-0.05, 0) is 31.4 Å². The van der Waals surface area contributed by atoms with Crippen LogP contribution in [0, 0.1) is 5.41 Å². The topological polar surface area (TPSA) is 62.3 Å². The molecule has 4 nitrogen and oxygen atoms in total. The van der Waals surface area contributed by atoms with Crippen molar-refractivity contribution in [2.45, 2.75) is 19.4 Å². The van der Waals surface area contributed by atoms with Crippen molar-refractivity contribution in [2.24, 2.45) is 5.73 Å². The Morgan fingerprint density at radius 2 is 1.90 bits per heavy atom. The van der Waals surface area contributed by atoms with Gasteiger partial charge in [0.15, 0.2) is 0 Å². The van der Waals surface area contributed by atoms with Crippen molar-refractivity contribution in [3.05, 3.63) is 42.0 Å². The highest BCUT2D eigenvalue weighted by Gasteiger charge is 2.28. The van der Waals surface area contributed by atoms with Crippen LogP contribution in [0.15, 0.2) is 36.4 Å². The highest BCUT2D eigenvalue weighted by Crippen LogP contribution is 2.32. The number of fused-ring (bicyclic) bond motifs is 1. The number of morpholine rings is 1. The number of ether oxygens (including phenoxy) is 1. The molecular formula is C17H21N3O. The maximum absolute atomic E-state index is 7.74. The first-order chi connectivity index (χ1) is 9.98. The van der Waals surface area contributed by atoms with Gasteiger partial charge in [-0.3, -0.25) is 5.41 Å². The van der Waals surface area contributed by atoms with E-state index in [1.54, 1.807) is 0 Å². The molecule has 0 spiro atoms. The molecule has 0 aromatic heterocycles. The minimum absolute atomic E-state index is 0.111. The second kappa shape index (κ2) is 5.04. The van der Waals surface area contributed by atoms with Gasteiger partial charge >= 0.3 is 0 Å². The molecule has 1 fully saturated rings. The van der Waals surface area contributed by atoms with Gasteiger partial charge < -0.3 is 15.4 Å². The standard InChI is InChI=1S/C17H21N3O/c1-17(2)11-20(9-10-21-17)15-8-7-14(16(18)19)12-5-3-4-6-13(12)15/h3-8H,9-11H2,1-2H3,(H3,18,19). The second-order valence-corrected chi connectivity index (χ2v) is 6.12. The molecule has 0 amide bonds. The van der Waals surface area contributed by atoms with Gasteiger partial charge in [0.2, 0.25) is 0 Å². The smallest absolute Gasteiger partial charge is 0.123 e. The van der Waals surface area contributed by atoms with Crippen molar-refractivity contribution in [3.63, 3.8) is 0 Å². The molecule has 1 saturated heterocycles. The zero-order valence-corrected chi connectivity index (χ0v) is 12.5. The predicted octanol–water partition coefficient (Wildman–Crippen LogP) is 2.74. The van der Waals surface area contributed by atoms with Gasteiger partial charge in [-0.25, -0.2) is 0 Å². The van der Waals surface area contributed by atoms with Crippen LogP contribution in [0.4, 0.5) is 5.69 Å². The third-order valence-electron chi connectivity index (χ3n) is 3.96. The monoisotopic (exact) mass is 283 g/mol. The van der Waals surface area contributed by atoms with E-state index in [1.807, 2.05) is 24.3 Å². The molecule has 1 aliphatic rings.